The van der Waals surface area contributed by atoms with Crippen LogP contribution in [-0.4, -0.2) is 31.9 Å². The van der Waals surface area contributed by atoms with Crippen molar-refractivity contribution in [1.82, 2.24) is 0 Å². The first kappa shape index (κ1) is 15.0. The van der Waals surface area contributed by atoms with E-state index in [1.165, 1.54) is 0 Å². The molecule has 0 bridgehead atoms. The fourth-order valence-electron chi connectivity index (χ4n) is 1.56. The fraction of sp³-hybridized carbons (Fsp3) is 0.538. The van der Waals surface area contributed by atoms with E-state index in [0.29, 0.717) is 10.6 Å². The van der Waals surface area contributed by atoms with Gasteiger partial charge in [0.2, 0.25) is 0 Å². The molecule has 2 atom stereocenters. The highest BCUT2D eigenvalue weighted by Gasteiger charge is 2.18. The molecular formula is C13H21NO3S. The van der Waals surface area contributed by atoms with E-state index in [1.807, 2.05) is 13.8 Å². The molecule has 102 valence electrons. The maximum atomic E-state index is 12.0. The Balaban J connectivity index is 3.04. The van der Waals surface area contributed by atoms with Gasteiger partial charge in [-0.05, 0) is 25.0 Å². The van der Waals surface area contributed by atoms with Gasteiger partial charge in [-0.15, -0.1) is 0 Å². The summed E-state index contributed by atoms with van der Waals surface area (Å²) in [6.07, 6.45) is 0. The van der Waals surface area contributed by atoms with Gasteiger partial charge in [-0.3, -0.25) is 0 Å². The molecule has 0 saturated heterocycles. The van der Waals surface area contributed by atoms with Gasteiger partial charge in [0, 0.05) is 12.6 Å². The smallest absolute Gasteiger partial charge is 0.180 e. The van der Waals surface area contributed by atoms with Crippen molar-refractivity contribution in [3.8, 4) is 0 Å². The number of benzene rings is 1. The van der Waals surface area contributed by atoms with Crippen LogP contribution in [0, 0.1) is 5.92 Å². The van der Waals surface area contributed by atoms with Gasteiger partial charge in [0.25, 0.3) is 0 Å². The van der Waals surface area contributed by atoms with Crippen molar-refractivity contribution in [2.45, 2.75) is 31.7 Å². The predicted molar refractivity (Wildman–Crippen MR) is 73.5 cm³/mol. The van der Waals surface area contributed by atoms with Crippen molar-refractivity contribution < 1.29 is 13.5 Å². The standard InChI is InChI=1S/C13H21NO3S/c1-4-18(16,17)13-8-6-5-7-12(13)14-11(3)10(2)9-15/h5-8,10-11,14-15H,4,9H2,1-3H3. The summed E-state index contributed by atoms with van der Waals surface area (Å²) in [7, 11) is -3.23. The average molecular weight is 271 g/mol. The summed E-state index contributed by atoms with van der Waals surface area (Å²) in [5, 5.41) is 12.3. The Labute approximate surface area is 109 Å². The van der Waals surface area contributed by atoms with Crippen LogP contribution in [0.5, 0.6) is 0 Å². The first-order valence-corrected chi connectivity index (χ1v) is 7.76. The second kappa shape index (κ2) is 6.20. The number of aliphatic hydroxyl groups is 1. The number of sulfone groups is 1. The number of hydrogen-bond donors (Lipinski definition) is 2. The topological polar surface area (TPSA) is 66.4 Å². The molecule has 2 N–H and O–H groups in total. The second-order valence-corrected chi connectivity index (χ2v) is 6.74. The lowest BCUT2D eigenvalue weighted by molar-refractivity contribution is 0.226. The zero-order valence-corrected chi connectivity index (χ0v) is 11.9. The average Bonchev–Trinajstić information content (AvgIpc) is 2.38. The predicted octanol–water partition coefficient (Wildman–Crippen LogP) is 1.91. The summed E-state index contributed by atoms with van der Waals surface area (Å²) in [4.78, 5) is 0.324. The number of anilines is 1. The maximum absolute atomic E-state index is 12.0. The molecule has 0 heterocycles. The Morgan fingerprint density at radius 1 is 1.28 bits per heavy atom. The molecule has 0 aliphatic carbocycles. The van der Waals surface area contributed by atoms with Gasteiger partial charge in [-0.25, -0.2) is 8.42 Å². The Hall–Kier alpha value is -1.07. The third-order valence-corrected chi connectivity index (χ3v) is 4.91. The molecule has 1 rings (SSSR count). The van der Waals surface area contributed by atoms with Crippen molar-refractivity contribution in [1.29, 1.82) is 0 Å². The highest BCUT2D eigenvalue weighted by Crippen LogP contribution is 2.23. The Morgan fingerprint density at radius 3 is 2.44 bits per heavy atom. The lowest BCUT2D eigenvalue weighted by atomic mass is 10.0. The minimum Gasteiger partial charge on any atom is -0.396 e. The third-order valence-electron chi connectivity index (χ3n) is 3.13. The summed E-state index contributed by atoms with van der Waals surface area (Å²) in [6.45, 7) is 5.54. The van der Waals surface area contributed by atoms with E-state index >= 15 is 0 Å². The summed E-state index contributed by atoms with van der Waals surface area (Å²) >= 11 is 0. The molecule has 2 unspecified atom stereocenters. The van der Waals surface area contributed by atoms with E-state index in [0.717, 1.165) is 0 Å². The monoisotopic (exact) mass is 271 g/mol. The van der Waals surface area contributed by atoms with Gasteiger partial charge in [-0.2, -0.15) is 0 Å². The molecule has 5 heteroatoms. The lowest BCUT2D eigenvalue weighted by Gasteiger charge is -2.22. The Bertz CT molecular complexity index is 485. The van der Waals surface area contributed by atoms with Gasteiger partial charge in [-0.1, -0.05) is 26.0 Å². The van der Waals surface area contributed by atoms with Crippen LogP contribution >= 0.6 is 0 Å². The van der Waals surface area contributed by atoms with Crippen molar-refractivity contribution >= 4 is 15.5 Å². The zero-order valence-electron chi connectivity index (χ0n) is 11.1. The maximum Gasteiger partial charge on any atom is 0.180 e. The zero-order chi connectivity index (χ0) is 13.8. The van der Waals surface area contributed by atoms with Crippen LogP contribution in [0.3, 0.4) is 0 Å². The molecule has 0 aliphatic heterocycles. The van der Waals surface area contributed by atoms with Crippen LogP contribution < -0.4 is 5.32 Å². The number of rotatable bonds is 6. The molecule has 0 saturated carbocycles. The van der Waals surface area contributed by atoms with Crippen molar-refractivity contribution in [2.24, 2.45) is 5.92 Å². The van der Waals surface area contributed by atoms with E-state index in [1.54, 1.807) is 31.2 Å². The molecule has 18 heavy (non-hydrogen) atoms. The largest absolute Gasteiger partial charge is 0.396 e. The van der Waals surface area contributed by atoms with Crippen LogP contribution in [0.1, 0.15) is 20.8 Å². The Morgan fingerprint density at radius 2 is 1.89 bits per heavy atom. The van der Waals surface area contributed by atoms with Crippen molar-refractivity contribution in [2.75, 3.05) is 17.7 Å². The highest BCUT2D eigenvalue weighted by molar-refractivity contribution is 7.91. The van der Waals surface area contributed by atoms with Gasteiger partial charge in [0.15, 0.2) is 9.84 Å². The molecule has 1 aromatic rings. The molecule has 0 radical (unpaired) electrons. The van der Waals surface area contributed by atoms with E-state index < -0.39 is 9.84 Å². The third kappa shape index (κ3) is 3.46. The van der Waals surface area contributed by atoms with E-state index in [9.17, 15) is 8.42 Å². The number of hydrogen-bond acceptors (Lipinski definition) is 4. The first-order valence-electron chi connectivity index (χ1n) is 6.11. The quantitative estimate of drug-likeness (QED) is 0.829. The minimum absolute atomic E-state index is 0.00297. The van der Waals surface area contributed by atoms with Gasteiger partial charge in [0.05, 0.1) is 16.3 Å². The normalized spacial score (nSPS) is 15.1. The van der Waals surface area contributed by atoms with Gasteiger partial charge in [0.1, 0.15) is 0 Å². The SMILES string of the molecule is CCS(=O)(=O)c1ccccc1NC(C)C(C)CO. The van der Waals surface area contributed by atoms with E-state index in [-0.39, 0.29) is 24.3 Å². The van der Waals surface area contributed by atoms with E-state index in [2.05, 4.69) is 5.32 Å². The highest BCUT2D eigenvalue weighted by atomic mass is 32.2. The molecule has 1 aromatic carbocycles. The van der Waals surface area contributed by atoms with Crippen molar-refractivity contribution in [3.05, 3.63) is 24.3 Å². The van der Waals surface area contributed by atoms with Crippen LogP contribution in [0.25, 0.3) is 0 Å². The molecule has 0 aromatic heterocycles. The molecule has 0 spiro atoms. The van der Waals surface area contributed by atoms with Crippen LogP contribution in [0.15, 0.2) is 29.2 Å². The molecule has 0 aliphatic rings. The lowest BCUT2D eigenvalue weighted by Crippen LogP contribution is -2.27. The molecular weight excluding hydrogens is 250 g/mol. The van der Waals surface area contributed by atoms with Crippen LogP contribution in [0.2, 0.25) is 0 Å². The molecule has 4 nitrogen and oxygen atoms in total. The first-order chi connectivity index (χ1) is 8.42. The number of aliphatic hydroxyl groups excluding tert-OH is 1. The minimum atomic E-state index is -3.23. The molecule has 0 amide bonds. The fourth-order valence-corrected chi connectivity index (χ4v) is 2.62. The van der Waals surface area contributed by atoms with Gasteiger partial charge < -0.3 is 10.4 Å². The van der Waals surface area contributed by atoms with Crippen LogP contribution in [0.4, 0.5) is 5.69 Å². The van der Waals surface area contributed by atoms with E-state index in [4.69, 9.17) is 5.11 Å². The summed E-state index contributed by atoms with van der Waals surface area (Å²) < 4.78 is 23.9. The van der Waals surface area contributed by atoms with Crippen molar-refractivity contribution in [3.63, 3.8) is 0 Å². The number of nitrogens with one attached hydrogen (secondary N) is 1. The van der Waals surface area contributed by atoms with Crippen LogP contribution in [-0.2, 0) is 9.84 Å². The number of para-hydroxylation sites is 1. The summed E-state index contributed by atoms with van der Waals surface area (Å²) in [5.41, 5.74) is 0.604. The summed E-state index contributed by atoms with van der Waals surface area (Å²) in [6, 6.07) is 6.88. The Kier molecular flexibility index (Phi) is 5.16. The molecule has 0 fully saturated rings. The summed E-state index contributed by atoms with van der Waals surface area (Å²) in [5.74, 6) is 0.137. The van der Waals surface area contributed by atoms with Gasteiger partial charge >= 0.3 is 0 Å². The second-order valence-electron chi connectivity index (χ2n) is 4.49.